The molecule has 1 aliphatic carbocycles. The van der Waals surface area contributed by atoms with Crippen molar-refractivity contribution in [2.45, 2.75) is 76.5 Å². The minimum atomic E-state index is -0.574. The number of carbonyl (C=O) groups is 1. The van der Waals surface area contributed by atoms with Crippen molar-refractivity contribution in [3.05, 3.63) is 69.7 Å². The van der Waals surface area contributed by atoms with E-state index in [1.54, 1.807) is 0 Å². The largest absolute Gasteiger partial charge is 0.392 e. The SMILES string of the molecule is CC1(O)CCC(N2CCC(Cc3ccc(CCc4cccc(CO)c4)cc3Cl)C2=O)CC1. The van der Waals surface area contributed by atoms with Crippen LogP contribution in [0.4, 0.5) is 0 Å². The maximum absolute atomic E-state index is 13.1. The van der Waals surface area contributed by atoms with Gasteiger partial charge >= 0.3 is 0 Å². The fourth-order valence-electron chi connectivity index (χ4n) is 5.20. The van der Waals surface area contributed by atoms with Crippen molar-refractivity contribution in [1.29, 1.82) is 0 Å². The molecule has 2 aliphatic rings. The molecule has 1 heterocycles. The molecule has 1 saturated carbocycles. The normalized spacial score (nSPS) is 26.0. The number of benzene rings is 2. The van der Waals surface area contributed by atoms with E-state index in [1.165, 1.54) is 11.1 Å². The van der Waals surface area contributed by atoms with Crippen LogP contribution >= 0.6 is 11.6 Å². The molecule has 4 rings (SSSR count). The van der Waals surface area contributed by atoms with Crippen LogP contribution in [-0.2, 0) is 30.7 Å². The minimum Gasteiger partial charge on any atom is -0.392 e. The van der Waals surface area contributed by atoms with Crippen LogP contribution in [0.3, 0.4) is 0 Å². The van der Waals surface area contributed by atoms with Gasteiger partial charge in [-0.05, 0) is 86.6 Å². The summed E-state index contributed by atoms with van der Waals surface area (Å²) in [4.78, 5) is 15.1. The van der Waals surface area contributed by atoms with Crippen molar-refractivity contribution in [2.24, 2.45) is 5.92 Å². The standard InChI is InChI=1S/C27H34ClNO3/c1-27(32)12-9-24(10-13-27)29-14-11-23(26(29)31)17-22-8-7-20(16-25(22)28)6-5-19-3-2-4-21(15-19)18-30/h2-4,7-8,15-16,23-24,30,32H,5-6,9-14,17-18H2,1H3. The third kappa shape index (κ3) is 5.54. The third-order valence-electron chi connectivity index (χ3n) is 7.28. The van der Waals surface area contributed by atoms with Crippen molar-refractivity contribution in [3.8, 4) is 0 Å². The van der Waals surface area contributed by atoms with E-state index in [4.69, 9.17) is 11.6 Å². The van der Waals surface area contributed by atoms with E-state index in [2.05, 4.69) is 23.1 Å². The lowest BCUT2D eigenvalue weighted by atomic mass is 9.83. The average Bonchev–Trinajstić information content (AvgIpc) is 3.14. The van der Waals surface area contributed by atoms with E-state index in [-0.39, 0.29) is 24.5 Å². The van der Waals surface area contributed by atoms with Gasteiger partial charge in [0.1, 0.15) is 0 Å². The zero-order chi connectivity index (χ0) is 22.7. The van der Waals surface area contributed by atoms with Gasteiger partial charge in [0.2, 0.25) is 5.91 Å². The highest BCUT2D eigenvalue weighted by atomic mass is 35.5. The van der Waals surface area contributed by atoms with E-state index in [9.17, 15) is 15.0 Å². The molecule has 1 amide bonds. The molecule has 4 nitrogen and oxygen atoms in total. The molecular weight excluding hydrogens is 422 g/mol. The summed E-state index contributed by atoms with van der Waals surface area (Å²) in [5, 5.41) is 20.2. The van der Waals surface area contributed by atoms with Crippen molar-refractivity contribution >= 4 is 17.5 Å². The molecule has 32 heavy (non-hydrogen) atoms. The Hall–Kier alpha value is -1.88. The van der Waals surface area contributed by atoms with Gasteiger partial charge in [-0.15, -0.1) is 0 Å². The third-order valence-corrected chi connectivity index (χ3v) is 7.64. The lowest BCUT2D eigenvalue weighted by molar-refractivity contribution is -0.134. The number of likely N-dealkylation sites (tertiary alicyclic amines) is 1. The van der Waals surface area contributed by atoms with E-state index >= 15 is 0 Å². The number of hydrogen-bond donors (Lipinski definition) is 2. The monoisotopic (exact) mass is 455 g/mol. The fraction of sp³-hybridized carbons (Fsp3) is 0.519. The average molecular weight is 456 g/mol. The van der Waals surface area contributed by atoms with Gasteiger partial charge in [0.05, 0.1) is 12.2 Å². The molecule has 1 unspecified atom stereocenters. The van der Waals surface area contributed by atoms with Crippen LogP contribution in [0, 0.1) is 5.92 Å². The Balaban J connectivity index is 1.33. The molecule has 0 aromatic heterocycles. The quantitative estimate of drug-likeness (QED) is 0.636. The molecule has 5 heteroatoms. The van der Waals surface area contributed by atoms with Crippen LogP contribution in [0.2, 0.25) is 5.02 Å². The number of nitrogens with zero attached hydrogens (tertiary/aromatic N) is 1. The topological polar surface area (TPSA) is 60.8 Å². The van der Waals surface area contributed by atoms with E-state index in [0.29, 0.717) is 6.42 Å². The molecule has 0 bridgehead atoms. The number of hydrogen-bond acceptors (Lipinski definition) is 3. The number of carbonyl (C=O) groups excluding carboxylic acids is 1. The summed E-state index contributed by atoms with van der Waals surface area (Å²) >= 11 is 6.62. The summed E-state index contributed by atoms with van der Waals surface area (Å²) in [6.07, 6.45) is 6.67. The summed E-state index contributed by atoms with van der Waals surface area (Å²) in [6.45, 7) is 2.78. The Morgan fingerprint density at radius 2 is 1.72 bits per heavy atom. The molecular formula is C27H34ClNO3. The van der Waals surface area contributed by atoms with Crippen LogP contribution in [0.25, 0.3) is 0 Å². The predicted molar refractivity (Wildman–Crippen MR) is 128 cm³/mol. The molecule has 0 spiro atoms. The molecule has 2 aromatic rings. The first-order valence-electron chi connectivity index (χ1n) is 11.8. The molecule has 1 atom stereocenters. The second-order valence-electron chi connectivity index (χ2n) is 9.85. The Labute approximate surface area is 196 Å². The lowest BCUT2D eigenvalue weighted by Crippen LogP contribution is -2.43. The first kappa shape index (κ1) is 23.3. The summed E-state index contributed by atoms with van der Waals surface area (Å²) in [7, 11) is 0. The van der Waals surface area contributed by atoms with Crippen LogP contribution in [-0.4, -0.2) is 39.2 Å². The maximum Gasteiger partial charge on any atom is 0.226 e. The molecule has 2 N–H and O–H groups in total. The summed E-state index contributed by atoms with van der Waals surface area (Å²) in [5.41, 5.74) is 3.80. The molecule has 1 saturated heterocycles. The summed E-state index contributed by atoms with van der Waals surface area (Å²) < 4.78 is 0. The first-order valence-corrected chi connectivity index (χ1v) is 12.2. The van der Waals surface area contributed by atoms with E-state index in [0.717, 1.165) is 67.6 Å². The number of aliphatic hydroxyl groups is 2. The van der Waals surface area contributed by atoms with Crippen molar-refractivity contribution in [3.63, 3.8) is 0 Å². The number of halogens is 1. The summed E-state index contributed by atoms with van der Waals surface area (Å²) in [5.74, 6) is 0.252. The van der Waals surface area contributed by atoms with E-state index < -0.39 is 5.60 Å². The number of rotatable bonds is 7. The van der Waals surface area contributed by atoms with Gasteiger partial charge in [0, 0.05) is 23.5 Å². The Kier molecular flexibility index (Phi) is 7.24. The molecule has 2 aromatic carbocycles. The van der Waals surface area contributed by atoms with Gasteiger partial charge in [-0.2, -0.15) is 0 Å². The smallest absolute Gasteiger partial charge is 0.226 e. The van der Waals surface area contributed by atoms with Gasteiger partial charge in [0.15, 0.2) is 0 Å². The van der Waals surface area contributed by atoms with Gasteiger partial charge in [0.25, 0.3) is 0 Å². The van der Waals surface area contributed by atoms with Crippen LogP contribution < -0.4 is 0 Å². The van der Waals surface area contributed by atoms with Crippen molar-refractivity contribution in [2.75, 3.05) is 6.54 Å². The van der Waals surface area contributed by atoms with Crippen LogP contribution in [0.1, 0.15) is 61.3 Å². The van der Waals surface area contributed by atoms with Crippen LogP contribution in [0.15, 0.2) is 42.5 Å². The van der Waals surface area contributed by atoms with E-state index in [1.807, 2.05) is 31.2 Å². The number of aryl methyl sites for hydroxylation is 2. The predicted octanol–water partition coefficient (Wildman–Crippen LogP) is 4.70. The zero-order valence-electron chi connectivity index (χ0n) is 18.9. The Morgan fingerprint density at radius 3 is 2.41 bits per heavy atom. The van der Waals surface area contributed by atoms with Gasteiger partial charge < -0.3 is 15.1 Å². The van der Waals surface area contributed by atoms with Gasteiger partial charge in [-0.1, -0.05) is 48.0 Å². The minimum absolute atomic E-state index is 0.00186. The second-order valence-corrected chi connectivity index (χ2v) is 10.3. The molecule has 2 fully saturated rings. The first-order chi connectivity index (χ1) is 15.3. The zero-order valence-corrected chi connectivity index (χ0v) is 19.7. The van der Waals surface area contributed by atoms with Gasteiger partial charge in [-0.3, -0.25) is 4.79 Å². The Bertz CT molecular complexity index is 948. The highest BCUT2D eigenvalue weighted by Crippen LogP contribution is 2.35. The highest BCUT2D eigenvalue weighted by molar-refractivity contribution is 6.31. The number of amides is 1. The highest BCUT2D eigenvalue weighted by Gasteiger charge is 2.39. The molecule has 172 valence electrons. The van der Waals surface area contributed by atoms with Crippen LogP contribution in [0.5, 0.6) is 0 Å². The lowest BCUT2D eigenvalue weighted by Gasteiger charge is -2.37. The van der Waals surface area contributed by atoms with Crippen molar-refractivity contribution < 1.29 is 15.0 Å². The maximum atomic E-state index is 13.1. The van der Waals surface area contributed by atoms with Crippen molar-refractivity contribution in [1.82, 2.24) is 4.90 Å². The molecule has 0 radical (unpaired) electrons. The second kappa shape index (κ2) is 9.94. The molecule has 1 aliphatic heterocycles. The fourth-order valence-corrected chi connectivity index (χ4v) is 5.48. The summed E-state index contributed by atoms with van der Waals surface area (Å²) in [6, 6.07) is 14.5. The number of aliphatic hydroxyl groups excluding tert-OH is 1. The Morgan fingerprint density at radius 1 is 1.03 bits per heavy atom. The van der Waals surface area contributed by atoms with Gasteiger partial charge in [-0.25, -0.2) is 0 Å².